The number of para-hydroxylation sites is 1. The van der Waals surface area contributed by atoms with E-state index in [1.54, 1.807) is 0 Å². The number of hydrogen-bond donors (Lipinski definition) is 1. The first-order valence-electron chi connectivity index (χ1n) is 7.38. The molecule has 2 atom stereocenters. The molecule has 1 aliphatic rings. The Labute approximate surface area is 130 Å². The molecular formula is C17H20N2OS. The van der Waals surface area contributed by atoms with Crippen LogP contribution in [0.3, 0.4) is 0 Å². The highest BCUT2D eigenvalue weighted by Crippen LogP contribution is 2.35. The van der Waals surface area contributed by atoms with E-state index in [0.717, 1.165) is 30.2 Å². The predicted molar refractivity (Wildman–Crippen MR) is 87.0 cm³/mol. The van der Waals surface area contributed by atoms with Gasteiger partial charge in [0, 0.05) is 29.0 Å². The van der Waals surface area contributed by atoms with Crippen LogP contribution in [0, 0.1) is 0 Å². The molecule has 0 fully saturated rings. The first-order valence-corrected chi connectivity index (χ1v) is 8.37. The van der Waals surface area contributed by atoms with Gasteiger partial charge in [0.05, 0.1) is 6.04 Å². The molecule has 1 aromatic carbocycles. The number of fused-ring (bicyclic) bond motifs is 1. The highest BCUT2D eigenvalue weighted by molar-refractivity contribution is 7.99. The number of aromatic nitrogens is 1. The third-order valence-electron chi connectivity index (χ3n) is 3.60. The molecule has 110 valence electrons. The van der Waals surface area contributed by atoms with Crippen molar-refractivity contribution in [3.05, 3.63) is 54.4 Å². The number of nitrogens with one attached hydrogen (secondary N) is 1. The van der Waals surface area contributed by atoms with Gasteiger partial charge in [0.1, 0.15) is 11.9 Å². The second-order valence-electron chi connectivity index (χ2n) is 5.10. The fourth-order valence-corrected chi connectivity index (χ4v) is 3.65. The zero-order valence-corrected chi connectivity index (χ0v) is 13.0. The predicted octanol–water partition coefficient (Wildman–Crippen LogP) is 3.16. The molecule has 0 saturated heterocycles. The van der Waals surface area contributed by atoms with Crippen molar-refractivity contribution >= 4 is 11.8 Å². The lowest BCUT2D eigenvalue weighted by molar-refractivity contribution is 0.165. The Hall–Kier alpha value is -1.52. The van der Waals surface area contributed by atoms with E-state index in [1.165, 1.54) is 4.90 Å². The normalized spacial score (nSPS) is 18.6. The number of ether oxygens (including phenoxy) is 1. The summed E-state index contributed by atoms with van der Waals surface area (Å²) in [6, 6.07) is 14.6. The molecule has 1 aliphatic heterocycles. The van der Waals surface area contributed by atoms with Crippen LogP contribution in [0.5, 0.6) is 5.75 Å². The number of benzene rings is 1. The summed E-state index contributed by atoms with van der Waals surface area (Å²) in [6.45, 7) is 3.07. The van der Waals surface area contributed by atoms with Gasteiger partial charge in [-0.1, -0.05) is 25.1 Å². The first kappa shape index (κ1) is 14.4. The van der Waals surface area contributed by atoms with Crippen molar-refractivity contribution in [1.82, 2.24) is 10.3 Å². The van der Waals surface area contributed by atoms with E-state index in [-0.39, 0.29) is 12.1 Å². The largest absolute Gasteiger partial charge is 0.487 e. The molecule has 0 spiro atoms. The molecule has 3 rings (SSSR count). The maximum atomic E-state index is 6.21. The van der Waals surface area contributed by atoms with Gasteiger partial charge < -0.3 is 10.1 Å². The van der Waals surface area contributed by atoms with Crippen molar-refractivity contribution in [3.63, 3.8) is 0 Å². The van der Waals surface area contributed by atoms with Gasteiger partial charge in [0.2, 0.25) is 0 Å². The SMILES string of the molecule is CCNC(Cc1ccccn1)C1CSc2ccccc2O1. The lowest BCUT2D eigenvalue weighted by Crippen LogP contribution is -2.47. The molecule has 3 nitrogen and oxygen atoms in total. The third-order valence-corrected chi connectivity index (χ3v) is 4.74. The highest BCUT2D eigenvalue weighted by Gasteiger charge is 2.28. The minimum Gasteiger partial charge on any atom is -0.487 e. The summed E-state index contributed by atoms with van der Waals surface area (Å²) in [5.41, 5.74) is 1.11. The number of thioether (sulfide) groups is 1. The van der Waals surface area contributed by atoms with Crippen LogP contribution >= 0.6 is 11.8 Å². The molecule has 1 aromatic heterocycles. The number of likely N-dealkylation sites (N-methyl/N-ethyl adjacent to an activating group) is 1. The Balaban J connectivity index is 1.73. The van der Waals surface area contributed by atoms with Crippen LogP contribution in [0.2, 0.25) is 0 Å². The van der Waals surface area contributed by atoms with Crippen LogP contribution in [-0.2, 0) is 6.42 Å². The molecule has 4 heteroatoms. The topological polar surface area (TPSA) is 34.2 Å². The Kier molecular flexibility index (Phi) is 4.78. The average Bonchev–Trinajstić information content (AvgIpc) is 2.55. The van der Waals surface area contributed by atoms with Gasteiger partial charge in [-0.2, -0.15) is 0 Å². The van der Waals surface area contributed by atoms with Crippen LogP contribution in [0.4, 0.5) is 0 Å². The van der Waals surface area contributed by atoms with E-state index in [1.807, 2.05) is 36.2 Å². The quantitative estimate of drug-likeness (QED) is 0.920. The number of pyridine rings is 1. The fourth-order valence-electron chi connectivity index (χ4n) is 2.58. The second kappa shape index (κ2) is 6.96. The van der Waals surface area contributed by atoms with Gasteiger partial charge in [-0.3, -0.25) is 4.98 Å². The summed E-state index contributed by atoms with van der Waals surface area (Å²) in [5.74, 6) is 1.98. The van der Waals surface area contributed by atoms with Crippen LogP contribution in [0.1, 0.15) is 12.6 Å². The first-order chi connectivity index (χ1) is 10.4. The van der Waals surface area contributed by atoms with Gasteiger partial charge in [-0.25, -0.2) is 0 Å². The van der Waals surface area contributed by atoms with Crippen molar-refractivity contribution in [2.75, 3.05) is 12.3 Å². The third kappa shape index (κ3) is 3.57. The molecule has 0 radical (unpaired) electrons. The lowest BCUT2D eigenvalue weighted by atomic mass is 10.1. The molecule has 2 heterocycles. The zero-order valence-electron chi connectivity index (χ0n) is 12.2. The number of nitrogens with zero attached hydrogens (tertiary/aromatic N) is 1. The summed E-state index contributed by atoms with van der Waals surface area (Å²) in [5, 5.41) is 3.55. The maximum absolute atomic E-state index is 6.21. The molecule has 0 bridgehead atoms. The minimum atomic E-state index is 0.173. The molecule has 0 aliphatic carbocycles. The van der Waals surface area contributed by atoms with Gasteiger partial charge in [-0.15, -0.1) is 11.8 Å². The number of rotatable bonds is 5. The van der Waals surface area contributed by atoms with Crippen LogP contribution in [-0.4, -0.2) is 29.4 Å². The smallest absolute Gasteiger partial charge is 0.133 e. The molecule has 0 saturated carbocycles. The van der Waals surface area contributed by atoms with Crippen LogP contribution in [0.15, 0.2) is 53.6 Å². The van der Waals surface area contributed by atoms with Gasteiger partial charge in [-0.05, 0) is 30.8 Å². The highest BCUT2D eigenvalue weighted by atomic mass is 32.2. The van der Waals surface area contributed by atoms with Gasteiger partial charge >= 0.3 is 0 Å². The number of hydrogen-bond acceptors (Lipinski definition) is 4. The van der Waals surface area contributed by atoms with Crippen molar-refractivity contribution < 1.29 is 4.74 Å². The van der Waals surface area contributed by atoms with E-state index in [0.29, 0.717) is 0 Å². The minimum absolute atomic E-state index is 0.173. The Bertz CT molecular complexity index is 576. The Morgan fingerprint density at radius 3 is 2.95 bits per heavy atom. The molecule has 0 amide bonds. The van der Waals surface area contributed by atoms with E-state index in [9.17, 15) is 0 Å². The maximum Gasteiger partial charge on any atom is 0.133 e. The standard InChI is InChI=1S/C17H20N2OS/c1-2-18-14(11-13-7-5-6-10-19-13)16-12-21-17-9-4-3-8-15(17)20-16/h3-10,14,16,18H,2,11-12H2,1H3. The summed E-state index contributed by atoms with van der Waals surface area (Å²) in [4.78, 5) is 5.68. The molecule has 1 N–H and O–H groups in total. The molecule has 2 unspecified atom stereocenters. The van der Waals surface area contributed by atoms with Crippen molar-refractivity contribution in [1.29, 1.82) is 0 Å². The van der Waals surface area contributed by atoms with Crippen molar-refractivity contribution in [2.24, 2.45) is 0 Å². The molecule has 2 aromatic rings. The summed E-state index contributed by atoms with van der Waals surface area (Å²) in [7, 11) is 0. The van der Waals surface area contributed by atoms with Gasteiger partial charge in [0.25, 0.3) is 0 Å². The van der Waals surface area contributed by atoms with E-state index in [4.69, 9.17) is 4.74 Å². The molecule has 21 heavy (non-hydrogen) atoms. The Morgan fingerprint density at radius 1 is 1.29 bits per heavy atom. The van der Waals surface area contributed by atoms with E-state index in [2.05, 4.69) is 41.5 Å². The van der Waals surface area contributed by atoms with Crippen molar-refractivity contribution in [3.8, 4) is 5.75 Å². The van der Waals surface area contributed by atoms with Crippen molar-refractivity contribution in [2.45, 2.75) is 30.4 Å². The Morgan fingerprint density at radius 2 is 2.14 bits per heavy atom. The fraction of sp³-hybridized carbons (Fsp3) is 0.353. The monoisotopic (exact) mass is 300 g/mol. The van der Waals surface area contributed by atoms with E-state index >= 15 is 0 Å². The summed E-state index contributed by atoms with van der Waals surface area (Å²) < 4.78 is 6.21. The zero-order chi connectivity index (χ0) is 14.5. The summed E-state index contributed by atoms with van der Waals surface area (Å²) in [6.07, 6.45) is 2.92. The average molecular weight is 300 g/mol. The van der Waals surface area contributed by atoms with Crippen LogP contribution < -0.4 is 10.1 Å². The second-order valence-corrected chi connectivity index (χ2v) is 6.17. The van der Waals surface area contributed by atoms with E-state index < -0.39 is 0 Å². The lowest BCUT2D eigenvalue weighted by Gasteiger charge is -2.32. The van der Waals surface area contributed by atoms with Crippen LogP contribution in [0.25, 0.3) is 0 Å². The van der Waals surface area contributed by atoms with Gasteiger partial charge in [0.15, 0.2) is 0 Å². The summed E-state index contributed by atoms with van der Waals surface area (Å²) >= 11 is 1.88. The molecular weight excluding hydrogens is 280 g/mol.